The van der Waals surface area contributed by atoms with Crippen LogP contribution in [0.2, 0.25) is 0 Å². The van der Waals surface area contributed by atoms with Crippen LogP contribution in [-0.4, -0.2) is 0 Å². The van der Waals surface area contributed by atoms with E-state index in [-0.39, 0.29) is 0 Å². The molecule has 1 rings (SSSR count). The molecule has 0 aliphatic carbocycles. The first-order chi connectivity index (χ1) is 12.9. The van der Waals surface area contributed by atoms with E-state index in [0.717, 1.165) is 0 Å². The third-order valence-electron chi connectivity index (χ3n) is 5.27. The summed E-state index contributed by atoms with van der Waals surface area (Å²) < 4.78 is 0. The van der Waals surface area contributed by atoms with Crippen molar-refractivity contribution in [3.05, 3.63) is 42.0 Å². The summed E-state index contributed by atoms with van der Waals surface area (Å²) in [6.07, 6.45) is 28.8. The lowest BCUT2D eigenvalue weighted by Crippen LogP contribution is -1.83. The lowest BCUT2D eigenvalue weighted by atomic mass is 10.0. The second-order valence-corrected chi connectivity index (χ2v) is 7.83. The van der Waals surface area contributed by atoms with Crippen LogP contribution in [0.4, 0.5) is 0 Å². The van der Waals surface area contributed by atoms with Crippen LogP contribution >= 0.6 is 0 Å². The Balaban J connectivity index is 1.73. The first kappa shape index (κ1) is 23.0. The zero-order valence-corrected chi connectivity index (χ0v) is 17.5. The van der Waals surface area contributed by atoms with Crippen LogP contribution in [0.15, 0.2) is 30.3 Å². The molecule has 0 nitrogen and oxygen atoms in total. The molecule has 0 unspecified atom stereocenters. The molecule has 0 saturated heterocycles. The molecule has 0 fully saturated rings. The fourth-order valence-corrected chi connectivity index (χ4v) is 3.54. The summed E-state index contributed by atoms with van der Waals surface area (Å²) in [5.41, 5.74) is 1.27. The van der Waals surface area contributed by atoms with Crippen LogP contribution in [0.1, 0.15) is 122 Å². The molecular formula is C26H43. The maximum atomic E-state index is 3.12. The topological polar surface area (TPSA) is 0 Å². The van der Waals surface area contributed by atoms with Gasteiger partial charge in [0.2, 0.25) is 0 Å². The second-order valence-electron chi connectivity index (χ2n) is 7.83. The van der Waals surface area contributed by atoms with E-state index in [2.05, 4.69) is 31.2 Å². The normalized spacial score (nSPS) is 11.4. The number of unbranched alkanes of at least 4 members (excludes halogenated alkanes) is 16. The Hall–Kier alpha value is -1.04. The van der Waals surface area contributed by atoms with Crippen LogP contribution in [0.25, 0.3) is 6.08 Å². The van der Waals surface area contributed by atoms with Gasteiger partial charge in [-0.25, -0.2) is 0 Å². The standard InChI is InChI=1S/C26H43/c1-2-3-4-5-6-7-8-9-10-11-12-13-14-15-16-17-18-20-23-26-24-21-19-22-25-26/h19-21,23-25H,2-18H2,1H3/b23-20+. The van der Waals surface area contributed by atoms with E-state index in [0.29, 0.717) is 0 Å². The molecule has 0 spiro atoms. The molecule has 147 valence electrons. The lowest BCUT2D eigenvalue weighted by Gasteiger charge is -2.03. The van der Waals surface area contributed by atoms with Crippen molar-refractivity contribution in [1.82, 2.24) is 0 Å². The van der Waals surface area contributed by atoms with Crippen LogP contribution in [0, 0.1) is 6.07 Å². The van der Waals surface area contributed by atoms with Gasteiger partial charge in [-0.1, -0.05) is 134 Å². The monoisotopic (exact) mass is 355 g/mol. The van der Waals surface area contributed by atoms with E-state index < -0.39 is 0 Å². The number of benzene rings is 1. The molecule has 0 aromatic heterocycles. The number of rotatable bonds is 18. The highest BCUT2D eigenvalue weighted by molar-refractivity contribution is 5.48. The van der Waals surface area contributed by atoms with Gasteiger partial charge in [0.05, 0.1) is 0 Å². The number of hydrogen-bond acceptors (Lipinski definition) is 0. The van der Waals surface area contributed by atoms with Crippen molar-refractivity contribution in [3.63, 3.8) is 0 Å². The summed E-state index contributed by atoms with van der Waals surface area (Å²) in [6.45, 7) is 2.30. The van der Waals surface area contributed by atoms with Gasteiger partial charge in [0.15, 0.2) is 0 Å². The van der Waals surface area contributed by atoms with E-state index in [1.807, 2.05) is 18.2 Å². The third-order valence-corrected chi connectivity index (χ3v) is 5.27. The van der Waals surface area contributed by atoms with Crippen LogP contribution < -0.4 is 0 Å². The van der Waals surface area contributed by atoms with Crippen molar-refractivity contribution in [2.45, 2.75) is 116 Å². The van der Waals surface area contributed by atoms with E-state index in [1.54, 1.807) is 0 Å². The van der Waals surface area contributed by atoms with E-state index in [1.165, 1.54) is 115 Å². The van der Waals surface area contributed by atoms with Gasteiger partial charge in [0.1, 0.15) is 0 Å². The van der Waals surface area contributed by atoms with Crippen LogP contribution in [0.3, 0.4) is 0 Å². The largest absolute Gasteiger partial charge is 0.0839 e. The quantitative estimate of drug-likeness (QED) is 0.230. The Kier molecular flexibility index (Phi) is 16.6. The van der Waals surface area contributed by atoms with E-state index >= 15 is 0 Å². The van der Waals surface area contributed by atoms with Crippen LogP contribution in [0.5, 0.6) is 0 Å². The highest BCUT2D eigenvalue weighted by Gasteiger charge is 1.94. The van der Waals surface area contributed by atoms with Gasteiger partial charge >= 0.3 is 0 Å². The Bertz CT molecular complexity index is 403. The summed E-state index contributed by atoms with van der Waals surface area (Å²) in [4.78, 5) is 0. The molecule has 1 aromatic carbocycles. The summed E-state index contributed by atoms with van der Waals surface area (Å²) in [5, 5.41) is 0. The van der Waals surface area contributed by atoms with Crippen molar-refractivity contribution < 1.29 is 0 Å². The maximum Gasteiger partial charge on any atom is -0.0178 e. The molecule has 1 aromatic rings. The molecule has 0 atom stereocenters. The molecule has 0 amide bonds. The minimum absolute atomic E-state index is 1.22. The highest BCUT2D eigenvalue weighted by atomic mass is 14.0. The predicted molar refractivity (Wildman–Crippen MR) is 118 cm³/mol. The molecule has 1 radical (unpaired) electrons. The minimum Gasteiger partial charge on any atom is -0.0839 e. The second kappa shape index (κ2) is 18.7. The smallest absolute Gasteiger partial charge is 0.0178 e. The highest BCUT2D eigenvalue weighted by Crippen LogP contribution is 2.14. The van der Waals surface area contributed by atoms with Gasteiger partial charge in [0, 0.05) is 0 Å². The first-order valence-electron chi connectivity index (χ1n) is 11.6. The Morgan fingerprint density at radius 1 is 0.692 bits per heavy atom. The molecule has 0 saturated carbocycles. The molecular weight excluding hydrogens is 312 g/mol. The molecule has 26 heavy (non-hydrogen) atoms. The molecule has 0 aliphatic heterocycles. The number of allylic oxidation sites excluding steroid dienone is 1. The fraction of sp³-hybridized carbons (Fsp3) is 0.692. The first-order valence-corrected chi connectivity index (χ1v) is 11.6. The minimum atomic E-state index is 1.22. The summed E-state index contributed by atoms with van der Waals surface area (Å²) in [7, 11) is 0. The summed E-state index contributed by atoms with van der Waals surface area (Å²) in [6, 6.07) is 11.3. The third kappa shape index (κ3) is 15.2. The maximum absolute atomic E-state index is 3.12. The lowest BCUT2D eigenvalue weighted by molar-refractivity contribution is 0.530. The Morgan fingerprint density at radius 2 is 1.19 bits per heavy atom. The average molecular weight is 356 g/mol. The zero-order valence-electron chi connectivity index (χ0n) is 17.5. The van der Waals surface area contributed by atoms with Gasteiger partial charge in [-0.05, 0) is 30.5 Å². The molecule has 0 N–H and O–H groups in total. The van der Waals surface area contributed by atoms with Crippen molar-refractivity contribution in [2.75, 3.05) is 0 Å². The average Bonchev–Trinajstić information content (AvgIpc) is 2.68. The van der Waals surface area contributed by atoms with Gasteiger partial charge in [0.25, 0.3) is 0 Å². The predicted octanol–water partition coefficient (Wildman–Crippen LogP) is 9.15. The van der Waals surface area contributed by atoms with Crippen LogP contribution in [-0.2, 0) is 0 Å². The Labute approximate surface area is 164 Å². The van der Waals surface area contributed by atoms with Gasteiger partial charge in [-0.2, -0.15) is 0 Å². The van der Waals surface area contributed by atoms with Crippen molar-refractivity contribution in [3.8, 4) is 0 Å². The summed E-state index contributed by atoms with van der Waals surface area (Å²) in [5.74, 6) is 0. The van der Waals surface area contributed by atoms with Crippen molar-refractivity contribution in [1.29, 1.82) is 0 Å². The molecule has 0 heterocycles. The molecule has 0 heteroatoms. The van der Waals surface area contributed by atoms with E-state index in [4.69, 9.17) is 0 Å². The molecule has 0 bridgehead atoms. The van der Waals surface area contributed by atoms with Crippen molar-refractivity contribution >= 4 is 6.08 Å². The van der Waals surface area contributed by atoms with E-state index in [9.17, 15) is 0 Å². The molecule has 0 aliphatic rings. The van der Waals surface area contributed by atoms with Crippen molar-refractivity contribution in [2.24, 2.45) is 0 Å². The fourth-order valence-electron chi connectivity index (χ4n) is 3.54. The number of hydrogen-bond donors (Lipinski definition) is 0. The summed E-state index contributed by atoms with van der Waals surface area (Å²) >= 11 is 0. The SMILES string of the molecule is CCCCCCCCCCCCCCCCCC/C=C/c1c[c]ccc1. The van der Waals surface area contributed by atoms with Gasteiger partial charge in [-0.15, -0.1) is 0 Å². The van der Waals surface area contributed by atoms with Gasteiger partial charge < -0.3 is 0 Å². The van der Waals surface area contributed by atoms with Gasteiger partial charge in [-0.3, -0.25) is 0 Å². The Morgan fingerprint density at radius 3 is 1.65 bits per heavy atom. The zero-order chi connectivity index (χ0) is 18.5.